The fraction of sp³-hybridized carbons (Fsp3) is 1.00. The van der Waals surface area contributed by atoms with Gasteiger partial charge in [0, 0.05) is 6.04 Å². The molecule has 1 aliphatic heterocycles. The Bertz CT molecular complexity index is 201. The molecule has 1 saturated carbocycles. The second kappa shape index (κ2) is 3.86. The molecule has 0 aromatic rings. The van der Waals surface area contributed by atoms with E-state index in [-0.39, 0.29) is 12.7 Å². The quantitative estimate of drug-likeness (QED) is 0.649. The first-order valence-electron chi connectivity index (χ1n) is 6.03. The SMILES string of the molecule is CB1N[C@H](C2CCCCC2)C(C)(C)O1. The third-order valence-corrected chi connectivity index (χ3v) is 3.76. The molecule has 1 N–H and O–H groups in total. The van der Waals surface area contributed by atoms with Crippen LogP contribution in [0.2, 0.25) is 6.82 Å². The number of hydrogen-bond donors (Lipinski definition) is 1. The van der Waals surface area contributed by atoms with Crippen molar-refractivity contribution >= 4 is 7.05 Å². The summed E-state index contributed by atoms with van der Waals surface area (Å²) in [5, 5.41) is 3.59. The minimum atomic E-state index is 0.0292. The maximum Gasteiger partial charge on any atom is 0.377 e. The first-order chi connectivity index (χ1) is 6.59. The van der Waals surface area contributed by atoms with Crippen LogP contribution in [0.5, 0.6) is 0 Å². The van der Waals surface area contributed by atoms with Crippen LogP contribution in [0.4, 0.5) is 0 Å². The average molecular weight is 195 g/mol. The van der Waals surface area contributed by atoms with Gasteiger partial charge in [-0.25, -0.2) is 0 Å². The van der Waals surface area contributed by atoms with E-state index in [1.54, 1.807) is 0 Å². The Labute approximate surface area is 87.9 Å². The monoisotopic (exact) mass is 195 g/mol. The van der Waals surface area contributed by atoms with Crippen LogP contribution in [0, 0.1) is 5.92 Å². The molecule has 0 unspecified atom stereocenters. The summed E-state index contributed by atoms with van der Waals surface area (Å²) in [6.45, 7) is 6.57. The molecule has 0 spiro atoms. The molecule has 2 nitrogen and oxygen atoms in total. The summed E-state index contributed by atoms with van der Waals surface area (Å²) < 4.78 is 5.90. The summed E-state index contributed by atoms with van der Waals surface area (Å²) in [4.78, 5) is 0. The molecule has 0 aromatic carbocycles. The molecule has 3 heteroatoms. The fourth-order valence-corrected chi connectivity index (χ4v) is 3.19. The molecule has 0 bridgehead atoms. The van der Waals surface area contributed by atoms with Gasteiger partial charge in [0.25, 0.3) is 0 Å². The maximum absolute atomic E-state index is 5.90. The smallest absolute Gasteiger partial charge is 0.377 e. The molecule has 1 saturated heterocycles. The van der Waals surface area contributed by atoms with Gasteiger partial charge in [0.05, 0.1) is 5.60 Å². The molecule has 2 aliphatic rings. The van der Waals surface area contributed by atoms with E-state index in [4.69, 9.17) is 4.65 Å². The van der Waals surface area contributed by atoms with Crippen molar-refractivity contribution in [2.24, 2.45) is 5.92 Å². The molecule has 2 rings (SSSR count). The average Bonchev–Trinajstić information content (AvgIpc) is 2.41. The van der Waals surface area contributed by atoms with Gasteiger partial charge in [0.15, 0.2) is 0 Å². The van der Waals surface area contributed by atoms with Crippen LogP contribution in [-0.2, 0) is 4.65 Å². The summed E-state index contributed by atoms with van der Waals surface area (Å²) in [6.07, 6.45) is 7.02. The molecule has 1 heterocycles. The van der Waals surface area contributed by atoms with Gasteiger partial charge in [0.2, 0.25) is 0 Å². The first kappa shape index (κ1) is 10.5. The predicted octanol–water partition coefficient (Wildman–Crippen LogP) is 2.45. The summed E-state index contributed by atoms with van der Waals surface area (Å²) in [5.74, 6) is 0.837. The lowest BCUT2D eigenvalue weighted by atomic mass is 9.77. The molecule has 14 heavy (non-hydrogen) atoms. The molecule has 1 atom stereocenters. The molecule has 0 aromatic heterocycles. The maximum atomic E-state index is 5.90. The van der Waals surface area contributed by atoms with Crippen molar-refractivity contribution in [3.05, 3.63) is 0 Å². The Morgan fingerprint density at radius 1 is 1.21 bits per heavy atom. The summed E-state index contributed by atoms with van der Waals surface area (Å²) in [6, 6.07) is 0.567. The van der Waals surface area contributed by atoms with Crippen LogP contribution in [0.15, 0.2) is 0 Å². The van der Waals surface area contributed by atoms with Crippen LogP contribution < -0.4 is 5.23 Å². The molecular formula is C11H22BNO. The van der Waals surface area contributed by atoms with Crippen LogP contribution in [0.1, 0.15) is 46.0 Å². The normalized spacial score (nSPS) is 33.6. The van der Waals surface area contributed by atoms with Gasteiger partial charge in [0.1, 0.15) is 0 Å². The third-order valence-electron chi connectivity index (χ3n) is 3.76. The summed E-state index contributed by atoms with van der Waals surface area (Å²) in [7, 11) is 0.233. The van der Waals surface area contributed by atoms with E-state index in [0.717, 1.165) is 5.92 Å². The van der Waals surface area contributed by atoms with Crippen LogP contribution in [0.25, 0.3) is 0 Å². The van der Waals surface area contributed by atoms with Crippen molar-refractivity contribution < 1.29 is 4.65 Å². The van der Waals surface area contributed by atoms with Crippen molar-refractivity contribution in [1.29, 1.82) is 0 Å². The molecule has 80 valence electrons. The van der Waals surface area contributed by atoms with Crippen molar-refractivity contribution in [1.82, 2.24) is 5.23 Å². The number of nitrogens with one attached hydrogen (secondary N) is 1. The lowest BCUT2D eigenvalue weighted by Crippen LogP contribution is -2.45. The van der Waals surface area contributed by atoms with Gasteiger partial charge in [-0.05, 0) is 39.4 Å². The van der Waals surface area contributed by atoms with E-state index in [9.17, 15) is 0 Å². The minimum absolute atomic E-state index is 0.0292. The third kappa shape index (κ3) is 1.99. The first-order valence-corrected chi connectivity index (χ1v) is 6.03. The Morgan fingerprint density at radius 3 is 2.36 bits per heavy atom. The van der Waals surface area contributed by atoms with E-state index in [0.29, 0.717) is 6.04 Å². The van der Waals surface area contributed by atoms with E-state index < -0.39 is 0 Å². The highest BCUT2D eigenvalue weighted by atomic mass is 16.5. The fourth-order valence-electron chi connectivity index (χ4n) is 3.19. The molecule has 0 amide bonds. The lowest BCUT2D eigenvalue weighted by molar-refractivity contribution is 0.0774. The van der Waals surface area contributed by atoms with Gasteiger partial charge in [-0.1, -0.05) is 19.3 Å². The Balaban J connectivity index is 2.01. The van der Waals surface area contributed by atoms with Gasteiger partial charge >= 0.3 is 7.05 Å². The van der Waals surface area contributed by atoms with Crippen LogP contribution in [0.3, 0.4) is 0 Å². The van der Waals surface area contributed by atoms with Crippen molar-refractivity contribution in [3.8, 4) is 0 Å². The van der Waals surface area contributed by atoms with Crippen molar-refractivity contribution in [2.45, 2.75) is 64.4 Å². The Morgan fingerprint density at radius 2 is 1.86 bits per heavy atom. The van der Waals surface area contributed by atoms with Crippen LogP contribution in [-0.4, -0.2) is 18.7 Å². The number of hydrogen-bond acceptors (Lipinski definition) is 2. The summed E-state index contributed by atoms with van der Waals surface area (Å²) >= 11 is 0. The molecular weight excluding hydrogens is 173 g/mol. The molecule has 0 radical (unpaired) electrons. The lowest BCUT2D eigenvalue weighted by Gasteiger charge is -2.35. The highest BCUT2D eigenvalue weighted by Crippen LogP contribution is 2.35. The predicted molar refractivity (Wildman–Crippen MR) is 60.3 cm³/mol. The number of rotatable bonds is 1. The second-order valence-electron chi connectivity index (χ2n) is 5.41. The van der Waals surface area contributed by atoms with E-state index >= 15 is 0 Å². The van der Waals surface area contributed by atoms with E-state index in [2.05, 4.69) is 25.9 Å². The zero-order chi connectivity index (χ0) is 10.2. The second-order valence-corrected chi connectivity index (χ2v) is 5.41. The molecule has 1 aliphatic carbocycles. The summed E-state index contributed by atoms with van der Waals surface area (Å²) in [5.41, 5.74) is 0.0292. The highest BCUT2D eigenvalue weighted by Gasteiger charge is 2.44. The minimum Gasteiger partial charge on any atom is -0.415 e. The standard InChI is InChI=1S/C11H22BNO/c1-11(2)10(13-12(3)14-11)9-7-5-4-6-8-9/h9-10,13H,4-8H2,1-3H3/t10-/m1/s1. The highest BCUT2D eigenvalue weighted by molar-refractivity contribution is 6.48. The van der Waals surface area contributed by atoms with Gasteiger partial charge in [-0.3, -0.25) is 0 Å². The van der Waals surface area contributed by atoms with Gasteiger partial charge in [-0.2, -0.15) is 0 Å². The van der Waals surface area contributed by atoms with E-state index in [1.165, 1.54) is 32.1 Å². The largest absolute Gasteiger partial charge is 0.415 e. The zero-order valence-corrected chi connectivity index (χ0v) is 9.68. The van der Waals surface area contributed by atoms with Gasteiger partial charge in [-0.15, -0.1) is 0 Å². The van der Waals surface area contributed by atoms with Crippen molar-refractivity contribution in [2.75, 3.05) is 0 Å². The Kier molecular flexibility index (Phi) is 2.89. The molecule has 2 fully saturated rings. The zero-order valence-electron chi connectivity index (χ0n) is 9.68. The van der Waals surface area contributed by atoms with Crippen LogP contribution >= 0.6 is 0 Å². The Hall–Kier alpha value is -0.0151. The topological polar surface area (TPSA) is 21.3 Å². The van der Waals surface area contributed by atoms with Crippen molar-refractivity contribution in [3.63, 3.8) is 0 Å². The van der Waals surface area contributed by atoms with Gasteiger partial charge < -0.3 is 9.88 Å². The van der Waals surface area contributed by atoms with E-state index in [1.807, 2.05) is 0 Å².